The fourth-order valence-corrected chi connectivity index (χ4v) is 4.57. The Balaban J connectivity index is 0.000000203. The molecule has 5 rings (SSSR count). The first-order valence-electron chi connectivity index (χ1n) is 8.50. The summed E-state index contributed by atoms with van der Waals surface area (Å²) < 4.78 is 0. The molecule has 0 fully saturated rings. The van der Waals surface area contributed by atoms with E-state index in [0.717, 1.165) is 0 Å². The van der Waals surface area contributed by atoms with Gasteiger partial charge in [0.05, 0.1) is 0 Å². The third-order valence-electron chi connectivity index (χ3n) is 3.98. The van der Waals surface area contributed by atoms with Crippen molar-refractivity contribution in [1.29, 1.82) is 0 Å². The van der Waals surface area contributed by atoms with Gasteiger partial charge in [0.2, 0.25) is 0 Å². The van der Waals surface area contributed by atoms with Crippen LogP contribution in [0.2, 0.25) is 0 Å². The van der Waals surface area contributed by atoms with Crippen molar-refractivity contribution in [3.05, 3.63) is 115 Å². The summed E-state index contributed by atoms with van der Waals surface area (Å²) in [6, 6.07) is 39.9. The predicted octanol–water partition coefficient (Wildman–Crippen LogP) is 7.68. The molecule has 0 spiro atoms. The summed E-state index contributed by atoms with van der Waals surface area (Å²) in [7, 11) is 0. The summed E-state index contributed by atoms with van der Waals surface area (Å²) in [6.07, 6.45) is 0. The number of fused-ring (bicyclic) bond motifs is 2. The first-order chi connectivity index (χ1) is 12.9. The van der Waals surface area contributed by atoms with Crippen molar-refractivity contribution in [2.75, 3.05) is 0 Å². The second kappa shape index (κ2) is 13.7. The standard InChI is InChI=1S/2C9H7.C6H5P.2ClH.Hf/c2*1-2-5-9-7-3-6-8(9)4-1;7-6-4-2-1-3-5-6;;;/h2*1-7H;1-5H;2*1H;/q2*-1;;;;+2. The van der Waals surface area contributed by atoms with Crippen molar-refractivity contribution in [3.63, 3.8) is 0 Å². The minimum absolute atomic E-state index is 0. The zero-order chi connectivity index (χ0) is 18.0. The van der Waals surface area contributed by atoms with E-state index in [4.69, 9.17) is 0 Å². The number of rotatable bonds is 1. The van der Waals surface area contributed by atoms with Crippen LogP contribution in [0.3, 0.4) is 0 Å². The summed E-state index contributed by atoms with van der Waals surface area (Å²) in [5.74, 6) is 0. The molecule has 0 nitrogen and oxygen atoms in total. The van der Waals surface area contributed by atoms with E-state index < -0.39 is 0 Å². The molecule has 0 aromatic heterocycles. The van der Waals surface area contributed by atoms with Crippen molar-refractivity contribution in [1.82, 2.24) is 0 Å². The maximum absolute atomic E-state index is 2.16. The largest absolute Gasteiger partial charge is 0.168 e. The average Bonchev–Trinajstić information content (AvgIpc) is 3.38. The molecule has 140 valence electrons. The third-order valence-corrected chi connectivity index (χ3v) is 7.32. The quantitative estimate of drug-likeness (QED) is 0.107. The smallest absolute Gasteiger partial charge is 0.0809 e. The van der Waals surface area contributed by atoms with Crippen LogP contribution in [0.4, 0.5) is 0 Å². The van der Waals surface area contributed by atoms with Gasteiger partial charge in [-0.25, -0.2) is 0 Å². The molecule has 5 aromatic rings. The predicted molar refractivity (Wildman–Crippen MR) is 127 cm³/mol. The molecule has 0 aliphatic carbocycles. The topological polar surface area (TPSA) is 0 Å². The molecule has 0 aliphatic rings. The van der Waals surface area contributed by atoms with E-state index in [1.54, 1.807) is 0 Å². The number of benzene rings is 3. The Bertz CT molecular complexity index is 941. The molecular formula is C24H21Cl2HfP. The molecule has 0 saturated heterocycles. The average molecular weight is 590 g/mol. The fraction of sp³-hybridized carbons (Fsp3) is 0. The second-order valence-electron chi connectivity index (χ2n) is 5.76. The maximum Gasteiger partial charge on any atom is -0.0809 e. The van der Waals surface area contributed by atoms with Gasteiger partial charge in [-0.3, -0.25) is 0 Å². The van der Waals surface area contributed by atoms with Crippen LogP contribution in [0.15, 0.2) is 115 Å². The maximum atomic E-state index is 2.16. The molecule has 0 aliphatic heterocycles. The monoisotopic (exact) mass is 590 g/mol. The summed E-state index contributed by atoms with van der Waals surface area (Å²) >= 11 is 1.25. The van der Waals surface area contributed by atoms with Gasteiger partial charge in [0.1, 0.15) is 0 Å². The van der Waals surface area contributed by atoms with Crippen LogP contribution in [-0.4, -0.2) is 0 Å². The Hall–Kier alpha value is -1.37. The zero-order valence-electron chi connectivity index (χ0n) is 15.2. The van der Waals surface area contributed by atoms with Gasteiger partial charge in [0, 0.05) is 0 Å². The molecule has 5 aromatic carbocycles. The third kappa shape index (κ3) is 7.57. The molecule has 0 radical (unpaired) electrons. The van der Waals surface area contributed by atoms with Gasteiger partial charge < -0.3 is 0 Å². The number of hydrogen-bond acceptors (Lipinski definition) is 0. The van der Waals surface area contributed by atoms with E-state index in [1.165, 1.54) is 55.6 Å². The van der Waals surface area contributed by atoms with Crippen molar-refractivity contribution in [2.24, 2.45) is 0 Å². The minimum atomic E-state index is 0. The molecule has 0 N–H and O–H groups in total. The Morgan fingerprint density at radius 2 is 0.964 bits per heavy atom. The van der Waals surface area contributed by atoms with Crippen molar-refractivity contribution in [2.45, 2.75) is 0 Å². The van der Waals surface area contributed by atoms with Gasteiger partial charge in [-0.1, -0.05) is 12.1 Å². The van der Waals surface area contributed by atoms with E-state index in [9.17, 15) is 0 Å². The summed E-state index contributed by atoms with van der Waals surface area (Å²) in [5, 5.41) is 6.77. The van der Waals surface area contributed by atoms with Crippen LogP contribution in [0.1, 0.15) is 0 Å². The SMILES string of the molecule is Cl.Cl.[Hf+2]=[P]c1ccccc1.c1ccc2[cH-]ccc2c1.c1ccc2[cH-]ccc2c1. The number of hydrogen-bond donors (Lipinski definition) is 0. The van der Waals surface area contributed by atoms with Gasteiger partial charge in [0.25, 0.3) is 0 Å². The number of halogens is 2. The first-order valence-corrected chi connectivity index (χ1v) is 14.2. The van der Waals surface area contributed by atoms with Crippen LogP contribution < -0.4 is 5.30 Å². The summed E-state index contributed by atoms with van der Waals surface area (Å²) in [5.41, 5.74) is 1.49. The minimum Gasteiger partial charge on any atom is -0.168 e. The van der Waals surface area contributed by atoms with Crippen LogP contribution in [0.25, 0.3) is 21.5 Å². The van der Waals surface area contributed by atoms with Gasteiger partial charge in [0.15, 0.2) is 0 Å². The fourth-order valence-electron chi connectivity index (χ4n) is 2.64. The summed E-state index contributed by atoms with van der Waals surface area (Å²) in [4.78, 5) is 0. The molecule has 0 amide bonds. The van der Waals surface area contributed by atoms with Crippen molar-refractivity contribution in [3.8, 4) is 0 Å². The first kappa shape index (κ1) is 24.7. The molecule has 0 bridgehead atoms. The molecule has 0 atom stereocenters. The van der Waals surface area contributed by atoms with Gasteiger partial charge >= 0.3 is 64.4 Å². The van der Waals surface area contributed by atoms with Gasteiger partial charge in [-0.2, -0.15) is 35.0 Å². The summed E-state index contributed by atoms with van der Waals surface area (Å²) in [6.45, 7) is 0. The van der Waals surface area contributed by atoms with Crippen molar-refractivity contribution < 1.29 is 23.3 Å². The van der Waals surface area contributed by atoms with Crippen LogP contribution >= 0.6 is 30.3 Å². The van der Waals surface area contributed by atoms with Crippen molar-refractivity contribution >= 4 is 57.1 Å². The van der Waals surface area contributed by atoms with Crippen LogP contribution in [0.5, 0.6) is 0 Å². The zero-order valence-corrected chi connectivity index (χ0v) is 21.4. The van der Waals surface area contributed by atoms with Crippen LogP contribution in [-0.2, 0) is 23.3 Å². The Morgan fingerprint density at radius 3 is 1.36 bits per heavy atom. The second-order valence-corrected chi connectivity index (χ2v) is 8.91. The van der Waals surface area contributed by atoms with Crippen LogP contribution in [0, 0.1) is 0 Å². The normalized spacial score (nSPS) is 9.36. The molecule has 0 saturated carbocycles. The molecular weight excluding hydrogens is 569 g/mol. The Labute approximate surface area is 194 Å². The van der Waals surface area contributed by atoms with E-state index >= 15 is 0 Å². The van der Waals surface area contributed by atoms with E-state index in [1.807, 2.05) is 0 Å². The molecule has 4 heteroatoms. The molecule has 28 heavy (non-hydrogen) atoms. The molecule has 0 unspecified atom stereocenters. The Morgan fingerprint density at radius 1 is 0.536 bits per heavy atom. The van der Waals surface area contributed by atoms with Gasteiger partial charge in [-0.05, 0) is 0 Å². The van der Waals surface area contributed by atoms with E-state index in [2.05, 4.69) is 115 Å². The molecule has 0 heterocycles. The Kier molecular flexibility index (Phi) is 12.1. The van der Waals surface area contributed by atoms with Gasteiger partial charge in [-0.15, -0.1) is 84.1 Å². The van der Waals surface area contributed by atoms with E-state index in [0.29, 0.717) is 0 Å². The van der Waals surface area contributed by atoms with E-state index in [-0.39, 0.29) is 24.8 Å².